The van der Waals surface area contributed by atoms with Gasteiger partial charge >= 0.3 is 11.9 Å². The Kier molecular flexibility index (Phi) is 13.3. The van der Waals surface area contributed by atoms with Gasteiger partial charge in [0, 0.05) is 49.2 Å². The van der Waals surface area contributed by atoms with Crippen LogP contribution in [0.5, 0.6) is 0 Å². The van der Waals surface area contributed by atoms with Crippen LogP contribution in [0, 0.1) is 68.5 Å². The summed E-state index contributed by atoms with van der Waals surface area (Å²) in [6.45, 7) is 27.9. The Morgan fingerprint density at radius 1 is 0.896 bits per heavy atom. The molecule has 10 heteroatoms. The van der Waals surface area contributed by atoms with E-state index in [-0.39, 0.29) is 45.7 Å². The molecule has 9 rings (SSSR count). The molecule has 2 aromatic rings. The molecule has 67 heavy (non-hydrogen) atoms. The highest BCUT2D eigenvalue weighted by Crippen LogP contribution is 2.74. The Labute approximate surface area is 402 Å². The van der Waals surface area contributed by atoms with Gasteiger partial charge in [-0.15, -0.1) is 0 Å². The van der Waals surface area contributed by atoms with Gasteiger partial charge in [-0.2, -0.15) is 0 Å². The highest BCUT2D eigenvalue weighted by atomic mass is 16.5. The van der Waals surface area contributed by atoms with E-state index in [2.05, 4.69) is 85.8 Å². The van der Waals surface area contributed by atoms with Crippen LogP contribution in [0.4, 0.5) is 0 Å². The number of carboxylic acids is 1. The van der Waals surface area contributed by atoms with Crippen molar-refractivity contribution in [1.82, 2.24) is 24.3 Å². The molecule has 0 radical (unpaired) electrons. The number of esters is 1. The molecule has 2 aliphatic heterocycles. The number of rotatable bonds is 15. The number of fused-ring (bicyclic) bond motifs is 5. The highest BCUT2D eigenvalue weighted by molar-refractivity contribution is 5.85. The number of carboxylic acid groups (broad SMARTS) is 1. The smallest absolute Gasteiger partial charge is 0.309 e. The third-order valence-electron chi connectivity index (χ3n) is 21.2. The molecule has 2 saturated heterocycles. The normalized spacial score (nSPS) is 36.4. The number of amides is 1. The maximum atomic E-state index is 15.9. The van der Waals surface area contributed by atoms with Crippen LogP contribution in [0.3, 0.4) is 0 Å². The number of hydrogen-bond acceptors (Lipinski definition) is 7. The Hall–Kier alpha value is -3.53. The molecule has 0 bridgehead atoms. The third kappa shape index (κ3) is 8.14. The number of ether oxygens (including phenoxy) is 1. The van der Waals surface area contributed by atoms with E-state index in [1.165, 1.54) is 24.8 Å². The second kappa shape index (κ2) is 18.3. The van der Waals surface area contributed by atoms with Crippen LogP contribution >= 0.6 is 0 Å². The average molecular weight is 920 g/mol. The quantitative estimate of drug-likeness (QED) is 0.139. The van der Waals surface area contributed by atoms with Gasteiger partial charge in [0.15, 0.2) is 0 Å². The van der Waals surface area contributed by atoms with Crippen molar-refractivity contribution in [3.8, 4) is 11.3 Å². The summed E-state index contributed by atoms with van der Waals surface area (Å²) in [5.41, 5.74) is 2.37. The zero-order valence-corrected chi connectivity index (χ0v) is 42.7. The average Bonchev–Trinajstić information content (AvgIpc) is 4.13. The van der Waals surface area contributed by atoms with Gasteiger partial charge in [-0.05, 0) is 174 Å². The van der Waals surface area contributed by atoms with E-state index in [1.807, 2.05) is 26.2 Å². The van der Waals surface area contributed by atoms with Gasteiger partial charge < -0.3 is 24.2 Å². The van der Waals surface area contributed by atoms with Crippen molar-refractivity contribution in [1.29, 1.82) is 0 Å². The Morgan fingerprint density at radius 2 is 1.64 bits per heavy atom. The summed E-state index contributed by atoms with van der Waals surface area (Å²) >= 11 is 0. The van der Waals surface area contributed by atoms with Crippen LogP contribution in [-0.2, 0) is 25.7 Å². The van der Waals surface area contributed by atoms with Gasteiger partial charge in [0.25, 0.3) is 0 Å². The fourth-order valence-corrected chi connectivity index (χ4v) is 16.5. The van der Waals surface area contributed by atoms with E-state index in [9.17, 15) is 14.7 Å². The molecule has 7 fully saturated rings. The second-order valence-corrected chi connectivity index (χ2v) is 24.9. The first-order valence-corrected chi connectivity index (χ1v) is 27.0. The molecule has 5 aliphatic carbocycles. The number of aromatic nitrogens is 3. The number of carbonyl (C=O) groups excluding carboxylic acids is 2. The molecule has 2 aromatic heterocycles. The monoisotopic (exact) mass is 920 g/mol. The first-order chi connectivity index (χ1) is 31.9. The lowest BCUT2D eigenvalue weighted by Crippen LogP contribution is -2.63. The fourth-order valence-electron chi connectivity index (χ4n) is 16.5. The van der Waals surface area contributed by atoms with Crippen LogP contribution < -0.4 is 0 Å². The SMILES string of the molecule is C=C(C)[C@@H]1CC[C@]2(C(=O)N3CCC[C@H]3c3nc(-c4ccncc4)cn3CCN3CCCC3)CC[C@]3(C)[C@H](CC[C@@H]4C[C@H](C(C)(C)[C@H](CCCC)OC(=O)[C@H]5C[C@@H](C(=O)O)C5(C)C)CC[C@]43C)[C@@H]12. The van der Waals surface area contributed by atoms with Crippen molar-refractivity contribution >= 4 is 17.8 Å². The molecular formula is C57H85N5O5. The number of hydrogen-bond donors (Lipinski definition) is 1. The van der Waals surface area contributed by atoms with Crippen molar-refractivity contribution in [3.05, 3.63) is 48.7 Å². The lowest BCUT2D eigenvalue weighted by molar-refractivity contribution is -0.201. The number of pyridine rings is 1. The van der Waals surface area contributed by atoms with Crippen LogP contribution in [0.2, 0.25) is 0 Å². The lowest BCUT2D eigenvalue weighted by Gasteiger charge is -2.68. The zero-order chi connectivity index (χ0) is 47.7. The molecule has 1 amide bonds. The largest absolute Gasteiger partial charge is 0.481 e. The summed E-state index contributed by atoms with van der Waals surface area (Å²) in [4.78, 5) is 56.3. The molecule has 0 aromatic carbocycles. The van der Waals surface area contributed by atoms with E-state index in [1.54, 1.807) is 0 Å². The van der Waals surface area contributed by atoms with E-state index >= 15 is 4.79 Å². The van der Waals surface area contributed by atoms with Gasteiger partial charge in [-0.25, -0.2) is 4.98 Å². The summed E-state index contributed by atoms with van der Waals surface area (Å²) < 4.78 is 8.97. The molecule has 0 spiro atoms. The maximum absolute atomic E-state index is 15.9. The molecule has 10 nitrogen and oxygen atoms in total. The molecular weight excluding hydrogens is 835 g/mol. The molecule has 0 unspecified atom stereocenters. The van der Waals surface area contributed by atoms with Gasteiger partial charge in [0.2, 0.25) is 5.91 Å². The molecule has 1 N–H and O–H groups in total. The van der Waals surface area contributed by atoms with Crippen LogP contribution in [0.15, 0.2) is 42.9 Å². The minimum absolute atomic E-state index is 0.0249. The van der Waals surface area contributed by atoms with Gasteiger partial charge in [-0.1, -0.05) is 73.5 Å². The second-order valence-electron chi connectivity index (χ2n) is 24.9. The molecule has 4 heterocycles. The first-order valence-electron chi connectivity index (χ1n) is 27.0. The van der Waals surface area contributed by atoms with Crippen LogP contribution in [0.1, 0.15) is 176 Å². The maximum Gasteiger partial charge on any atom is 0.309 e. The number of likely N-dealkylation sites (tertiary alicyclic amines) is 2. The topological polar surface area (TPSA) is 118 Å². The van der Waals surface area contributed by atoms with Gasteiger partial charge in [0.05, 0.1) is 29.0 Å². The molecule has 7 aliphatic rings. The lowest BCUT2D eigenvalue weighted by atomic mass is 9.37. The van der Waals surface area contributed by atoms with E-state index < -0.39 is 17.3 Å². The minimum Gasteiger partial charge on any atom is -0.481 e. The number of nitrogens with zero attached hydrogens (tertiary/aromatic N) is 5. The van der Waals surface area contributed by atoms with E-state index in [0.29, 0.717) is 41.9 Å². The Balaban J connectivity index is 0.954. The highest BCUT2D eigenvalue weighted by Gasteiger charge is 2.69. The number of allylic oxidation sites excluding steroid dienone is 1. The predicted octanol–water partition coefficient (Wildman–Crippen LogP) is 11.8. The predicted molar refractivity (Wildman–Crippen MR) is 263 cm³/mol. The minimum atomic E-state index is -0.817. The van der Waals surface area contributed by atoms with Crippen molar-refractivity contribution in [2.75, 3.05) is 26.2 Å². The Morgan fingerprint density at radius 3 is 2.33 bits per heavy atom. The number of carbonyl (C=O) groups is 3. The van der Waals surface area contributed by atoms with E-state index in [4.69, 9.17) is 9.72 Å². The molecule has 12 atom stereocenters. The molecule has 368 valence electrons. The van der Waals surface area contributed by atoms with Crippen molar-refractivity contribution < 1.29 is 24.2 Å². The summed E-state index contributed by atoms with van der Waals surface area (Å²) in [7, 11) is 0. The number of imidazole rings is 1. The fraction of sp³-hybridized carbons (Fsp3) is 0.772. The van der Waals surface area contributed by atoms with Crippen LogP contribution in [0.25, 0.3) is 11.3 Å². The zero-order valence-electron chi connectivity index (χ0n) is 42.7. The molecule has 5 saturated carbocycles. The van der Waals surface area contributed by atoms with Crippen LogP contribution in [-0.4, -0.2) is 79.6 Å². The number of unbranched alkanes of at least 4 members (excludes halogenated alkanes) is 1. The van der Waals surface area contributed by atoms with Gasteiger partial charge in [-0.3, -0.25) is 19.4 Å². The number of aliphatic carboxylic acids is 1. The summed E-state index contributed by atoms with van der Waals surface area (Å²) in [6.07, 6.45) is 23.3. The standard InChI is InChI=1S/C57H85N5O5/c1-10-11-16-47(67-51(65)44-35-43(50(63)64)54(44,6)7)53(4,5)39-19-23-55(8)40(34-39)17-18-42-48-41(37(2)3)20-24-57(48,26-25-56(42,55)9)52(66)62-31-14-15-46(62)49-59-45(38-21-27-58-28-22-38)36-61(49)33-32-60-29-12-13-30-60/h21-22,27-28,36,39-44,46-48H,2,10-20,23-26,29-35H2,1,3-9H3,(H,63,64)/t39-,40-,41+,42-,43+,44-,46+,47+,48-,55-,56-,57+/m1/s1. The first kappa shape index (κ1) is 48.5. The van der Waals surface area contributed by atoms with Gasteiger partial charge in [0.1, 0.15) is 11.9 Å². The van der Waals surface area contributed by atoms with Crippen molar-refractivity contribution in [2.24, 2.45) is 68.5 Å². The summed E-state index contributed by atoms with van der Waals surface area (Å²) in [5, 5.41) is 9.79. The Bertz CT molecular complexity index is 2160. The van der Waals surface area contributed by atoms with Crippen molar-refractivity contribution in [3.63, 3.8) is 0 Å². The van der Waals surface area contributed by atoms with Crippen molar-refractivity contribution in [2.45, 2.75) is 183 Å². The summed E-state index contributed by atoms with van der Waals surface area (Å²) in [5.74, 6) is 1.65. The van der Waals surface area contributed by atoms with E-state index in [0.717, 1.165) is 133 Å². The summed E-state index contributed by atoms with van der Waals surface area (Å²) in [6, 6.07) is 4.08. The third-order valence-corrected chi connectivity index (χ3v) is 21.2.